The summed E-state index contributed by atoms with van der Waals surface area (Å²) in [6.45, 7) is 3.07. The van der Waals surface area contributed by atoms with Crippen LogP contribution in [-0.4, -0.2) is 29.6 Å². The van der Waals surface area contributed by atoms with E-state index in [0.29, 0.717) is 0 Å². The molecule has 0 spiro atoms. The van der Waals surface area contributed by atoms with E-state index in [4.69, 9.17) is 11.5 Å². The van der Waals surface area contributed by atoms with E-state index in [0.717, 1.165) is 6.07 Å². The Balaban J connectivity index is 3.19. The first-order valence-corrected chi connectivity index (χ1v) is 6.49. The number of carboxylic acids is 1. The quantitative estimate of drug-likeness (QED) is 0.776. The maximum atomic E-state index is 12.0. The van der Waals surface area contributed by atoms with E-state index >= 15 is 0 Å². The molecule has 0 fully saturated rings. The molecule has 1 rings (SSSR count). The third-order valence-electron chi connectivity index (χ3n) is 2.26. The Bertz CT molecular complexity index is 620. The minimum absolute atomic E-state index is 0.117. The summed E-state index contributed by atoms with van der Waals surface area (Å²) < 4.78 is 27.5. The topological polar surface area (TPSA) is 88.4 Å². The zero-order valence-corrected chi connectivity index (χ0v) is 11.1. The molecule has 1 aromatic rings. The lowest BCUT2D eigenvalue weighted by Gasteiger charge is -2.18. The standard InChI is InChI=1S/C11H14N2O4S/c1-5-11(2,3)12-18(16,17)8-6-9(10(14)15)13(4)7-8/h1,6-7,12H,2-4H3,(H,14,15). The van der Waals surface area contributed by atoms with Gasteiger partial charge in [0, 0.05) is 13.2 Å². The maximum absolute atomic E-state index is 12.0. The number of aromatic nitrogens is 1. The van der Waals surface area contributed by atoms with Crippen molar-refractivity contribution < 1.29 is 18.3 Å². The summed E-state index contributed by atoms with van der Waals surface area (Å²) in [5, 5.41) is 8.86. The van der Waals surface area contributed by atoms with Crippen LogP contribution >= 0.6 is 0 Å². The molecule has 0 radical (unpaired) electrons. The molecule has 0 aliphatic carbocycles. The number of aryl methyl sites for hydroxylation is 1. The molecule has 0 saturated heterocycles. The number of hydrogen-bond donors (Lipinski definition) is 2. The largest absolute Gasteiger partial charge is 0.477 e. The van der Waals surface area contributed by atoms with E-state index in [9.17, 15) is 13.2 Å². The molecule has 7 heteroatoms. The average molecular weight is 270 g/mol. The van der Waals surface area contributed by atoms with Crippen LogP contribution in [0, 0.1) is 12.3 Å². The second kappa shape index (κ2) is 4.48. The van der Waals surface area contributed by atoms with E-state index < -0.39 is 21.5 Å². The van der Waals surface area contributed by atoms with Gasteiger partial charge in [-0.2, -0.15) is 4.72 Å². The van der Waals surface area contributed by atoms with Crippen molar-refractivity contribution in [1.82, 2.24) is 9.29 Å². The van der Waals surface area contributed by atoms with Gasteiger partial charge in [-0.15, -0.1) is 6.42 Å². The number of rotatable bonds is 4. The van der Waals surface area contributed by atoms with Gasteiger partial charge in [-0.25, -0.2) is 13.2 Å². The fourth-order valence-electron chi connectivity index (χ4n) is 1.32. The number of nitrogens with one attached hydrogen (secondary N) is 1. The lowest BCUT2D eigenvalue weighted by atomic mass is 10.1. The van der Waals surface area contributed by atoms with Crippen molar-refractivity contribution in [2.75, 3.05) is 0 Å². The second-order valence-electron chi connectivity index (χ2n) is 4.35. The Morgan fingerprint density at radius 1 is 1.56 bits per heavy atom. The number of terminal acetylenes is 1. The molecule has 0 aromatic carbocycles. The molecule has 0 bridgehead atoms. The summed E-state index contributed by atoms with van der Waals surface area (Å²) in [4.78, 5) is 10.7. The van der Waals surface area contributed by atoms with Gasteiger partial charge in [-0.3, -0.25) is 0 Å². The molecule has 0 aliphatic heterocycles. The average Bonchev–Trinajstić information content (AvgIpc) is 2.59. The third-order valence-corrected chi connectivity index (χ3v) is 3.88. The normalized spacial score (nSPS) is 12.1. The number of carbonyl (C=O) groups is 1. The Labute approximate surface area is 106 Å². The number of sulfonamides is 1. The molecule has 1 heterocycles. The van der Waals surface area contributed by atoms with Crippen LogP contribution in [0.15, 0.2) is 17.2 Å². The van der Waals surface area contributed by atoms with Gasteiger partial charge in [0.25, 0.3) is 0 Å². The summed E-state index contributed by atoms with van der Waals surface area (Å²) in [7, 11) is -2.39. The van der Waals surface area contributed by atoms with Gasteiger partial charge in [0.05, 0.1) is 5.54 Å². The number of aromatic carboxylic acids is 1. The van der Waals surface area contributed by atoms with Crippen molar-refractivity contribution >= 4 is 16.0 Å². The zero-order valence-electron chi connectivity index (χ0n) is 10.3. The highest BCUT2D eigenvalue weighted by molar-refractivity contribution is 7.89. The molecule has 0 atom stereocenters. The van der Waals surface area contributed by atoms with Crippen molar-refractivity contribution in [2.24, 2.45) is 7.05 Å². The lowest BCUT2D eigenvalue weighted by Crippen LogP contribution is -2.41. The van der Waals surface area contributed by atoms with Crippen LogP contribution in [0.5, 0.6) is 0 Å². The highest BCUT2D eigenvalue weighted by Gasteiger charge is 2.26. The molecule has 0 aliphatic rings. The predicted octanol–water partition coefficient (Wildman–Crippen LogP) is 0.413. The fourth-order valence-corrected chi connectivity index (χ4v) is 2.73. The zero-order chi connectivity index (χ0) is 14.1. The Morgan fingerprint density at radius 3 is 2.50 bits per heavy atom. The van der Waals surface area contributed by atoms with Crippen LogP contribution < -0.4 is 4.72 Å². The van der Waals surface area contributed by atoms with Gasteiger partial charge in [0.15, 0.2) is 0 Å². The SMILES string of the molecule is C#CC(C)(C)NS(=O)(=O)c1cc(C(=O)O)n(C)c1. The Morgan fingerprint density at radius 2 is 2.11 bits per heavy atom. The van der Waals surface area contributed by atoms with Crippen molar-refractivity contribution in [3.63, 3.8) is 0 Å². The predicted molar refractivity (Wildman–Crippen MR) is 65.6 cm³/mol. The molecule has 0 unspecified atom stereocenters. The van der Waals surface area contributed by atoms with E-state index in [2.05, 4.69) is 10.6 Å². The van der Waals surface area contributed by atoms with Crippen LogP contribution in [0.3, 0.4) is 0 Å². The Hall–Kier alpha value is -1.78. The lowest BCUT2D eigenvalue weighted by molar-refractivity contribution is 0.0686. The maximum Gasteiger partial charge on any atom is 0.352 e. The minimum Gasteiger partial charge on any atom is -0.477 e. The number of nitrogens with zero attached hydrogens (tertiary/aromatic N) is 1. The monoisotopic (exact) mass is 270 g/mol. The summed E-state index contributed by atoms with van der Waals surface area (Å²) in [6.07, 6.45) is 6.42. The summed E-state index contributed by atoms with van der Waals surface area (Å²) in [6, 6.07) is 1.08. The first-order valence-electron chi connectivity index (χ1n) is 5.00. The van der Waals surface area contributed by atoms with Crippen molar-refractivity contribution in [1.29, 1.82) is 0 Å². The summed E-state index contributed by atoms with van der Waals surface area (Å²) in [5.74, 6) is 1.10. The van der Waals surface area contributed by atoms with Crippen LogP contribution in [0.25, 0.3) is 0 Å². The van der Waals surface area contributed by atoms with Crippen molar-refractivity contribution in [3.05, 3.63) is 18.0 Å². The van der Waals surface area contributed by atoms with Crippen molar-refractivity contribution in [2.45, 2.75) is 24.3 Å². The number of hydrogen-bond acceptors (Lipinski definition) is 3. The molecule has 18 heavy (non-hydrogen) atoms. The third kappa shape index (κ3) is 2.91. The minimum atomic E-state index is -3.84. The van der Waals surface area contributed by atoms with Crippen molar-refractivity contribution in [3.8, 4) is 12.3 Å². The highest BCUT2D eigenvalue weighted by atomic mass is 32.2. The van der Waals surface area contributed by atoms with Gasteiger partial charge < -0.3 is 9.67 Å². The summed E-state index contributed by atoms with van der Waals surface area (Å²) in [5.41, 5.74) is -1.16. The molecular formula is C11H14N2O4S. The van der Waals surface area contributed by atoms with Crippen LogP contribution in [0.2, 0.25) is 0 Å². The molecular weight excluding hydrogens is 256 g/mol. The van der Waals surface area contributed by atoms with Crippen LogP contribution in [0.1, 0.15) is 24.3 Å². The first kappa shape index (κ1) is 14.3. The van der Waals surface area contributed by atoms with Gasteiger partial charge in [0.2, 0.25) is 10.0 Å². The molecule has 6 nitrogen and oxygen atoms in total. The molecule has 0 amide bonds. The van der Waals surface area contributed by atoms with Gasteiger partial charge in [-0.05, 0) is 19.9 Å². The molecule has 1 aromatic heterocycles. The van der Waals surface area contributed by atoms with E-state index in [-0.39, 0.29) is 10.6 Å². The summed E-state index contributed by atoms with van der Waals surface area (Å²) >= 11 is 0. The fraction of sp³-hybridized carbons (Fsp3) is 0.364. The van der Waals surface area contributed by atoms with Crippen LogP contribution in [0.4, 0.5) is 0 Å². The first-order chi connectivity index (χ1) is 8.09. The highest BCUT2D eigenvalue weighted by Crippen LogP contribution is 2.16. The van der Waals surface area contributed by atoms with E-state index in [1.807, 2.05) is 0 Å². The second-order valence-corrected chi connectivity index (χ2v) is 6.03. The molecule has 0 saturated carbocycles. The van der Waals surface area contributed by atoms with E-state index in [1.165, 1.54) is 31.7 Å². The van der Waals surface area contributed by atoms with Gasteiger partial charge in [0.1, 0.15) is 10.6 Å². The molecule has 98 valence electrons. The van der Waals surface area contributed by atoms with E-state index in [1.54, 1.807) is 0 Å². The van der Waals surface area contributed by atoms with Gasteiger partial charge in [-0.1, -0.05) is 5.92 Å². The number of carboxylic acid groups (broad SMARTS) is 1. The van der Waals surface area contributed by atoms with Gasteiger partial charge >= 0.3 is 5.97 Å². The smallest absolute Gasteiger partial charge is 0.352 e. The Kier molecular flexibility index (Phi) is 3.55. The van der Waals surface area contributed by atoms with Crippen LogP contribution in [-0.2, 0) is 17.1 Å². The molecule has 2 N–H and O–H groups in total.